The molecule has 1 atom stereocenters. The Morgan fingerprint density at radius 1 is 1.15 bits per heavy atom. The number of hydrogen-bond donors (Lipinski definition) is 1. The first kappa shape index (κ1) is 14.3. The fraction of sp³-hybridized carbons (Fsp3) is 0.214. The van der Waals surface area contributed by atoms with E-state index >= 15 is 0 Å². The lowest BCUT2D eigenvalue weighted by Crippen LogP contribution is -2.07. The van der Waals surface area contributed by atoms with Gasteiger partial charge in [0.15, 0.2) is 0 Å². The van der Waals surface area contributed by atoms with E-state index in [9.17, 15) is 18.3 Å². The van der Waals surface area contributed by atoms with Crippen molar-refractivity contribution in [3.63, 3.8) is 0 Å². The van der Waals surface area contributed by atoms with Crippen LogP contribution in [0.1, 0.15) is 24.2 Å². The summed E-state index contributed by atoms with van der Waals surface area (Å²) in [4.78, 5) is 3.82. The van der Waals surface area contributed by atoms with Gasteiger partial charge >= 0.3 is 0 Å². The molecule has 106 valence electrons. The van der Waals surface area contributed by atoms with E-state index in [1.807, 2.05) is 0 Å². The molecule has 1 heterocycles. The summed E-state index contributed by atoms with van der Waals surface area (Å²) in [5.74, 6) is -2.99. The molecule has 0 saturated carbocycles. The van der Waals surface area contributed by atoms with Crippen molar-refractivity contribution in [2.45, 2.75) is 13.0 Å². The second-order valence-electron chi connectivity index (χ2n) is 4.07. The summed E-state index contributed by atoms with van der Waals surface area (Å²) in [6, 6.07) is 2.45. The molecule has 0 bridgehead atoms. The Morgan fingerprint density at radius 2 is 1.80 bits per heavy atom. The second-order valence-corrected chi connectivity index (χ2v) is 4.07. The summed E-state index contributed by atoms with van der Waals surface area (Å²) < 4.78 is 45.2. The average Bonchev–Trinajstić information content (AvgIpc) is 2.38. The van der Waals surface area contributed by atoms with Crippen molar-refractivity contribution in [1.82, 2.24) is 4.98 Å². The Bertz CT molecular complexity index is 596. The van der Waals surface area contributed by atoms with Gasteiger partial charge in [-0.25, -0.2) is 13.2 Å². The van der Waals surface area contributed by atoms with E-state index in [-0.39, 0.29) is 5.56 Å². The SMILES string of the molecule is CCOc1cncc(C(O)c2c(F)cc(F)cc2F)c1. The van der Waals surface area contributed by atoms with Crippen LogP contribution in [0.15, 0.2) is 30.6 Å². The molecule has 3 nitrogen and oxygen atoms in total. The van der Waals surface area contributed by atoms with Gasteiger partial charge in [-0.15, -0.1) is 0 Å². The topological polar surface area (TPSA) is 42.4 Å². The summed E-state index contributed by atoms with van der Waals surface area (Å²) in [5, 5.41) is 10.0. The van der Waals surface area contributed by atoms with E-state index in [0.717, 1.165) is 0 Å². The monoisotopic (exact) mass is 283 g/mol. The predicted molar refractivity (Wildman–Crippen MR) is 65.8 cm³/mol. The van der Waals surface area contributed by atoms with Crippen molar-refractivity contribution in [2.24, 2.45) is 0 Å². The van der Waals surface area contributed by atoms with Gasteiger partial charge in [0.2, 0.25) is 0 Å². The molecule has 1 aromatic heterocycles. The Hall–Kier alpha value is -2.08. The van der Waals surface area contributed by atoms with Gasteiger partial charge in [-0.05, 0) is 13.0 Å². The van der Waals surface area contributed by atoms with Gasteiger partial charge in [0.1, 0.15) is 29.3 Å². The lowest BCUT2D eigenvalue weighted by Gasteiger charge is -2.14. The minimum atomic E-state index is -1.59. The molecule has 20 heavy (non-hydrogen) atoms. The van der Waals surface area contributed by atoms with Crippen LogP contribution in [-0.4, -0.2) is 16.7 Å². The number of aliphatic hydroxyl groups is 1. The van der Waals surface area contributed by atoms with E-state index in [1.54, 1.807) is 6.92 Å². The highest BCUT2D eigenvalue weighted by Gasteiger charge is 2.21. The second kappa shape index (κ2) is 5.92. The van der Waals surface area contributed by atoms with Crippen LogP contribution in [0.3, 0.4) is 0 Å². The normalized spacial score (nSPS) is 12.2. The maximum absolute atomic E-state index is 13.6. The Morgan fingerprint density at radius 3 is 2.40 bits per heavy atom. The zero-order chi connectivity index (χ0) is 14.7. The van der Waals surface area contributed by atoms with Crippen LogP contribution >= 0.6 is 0 Å². The van der Waals surface area contributed by atoms with E-state index in [2.05, 4.69) is 4.98 Å². The standard InChI is InChI=1S/C14H12F3NO2/c1-2-20-10-3-8(6-18-7-10)14(19)13-11(16)4-9(15)5-12(13)17/h3-7,14,19H,2H2,1H3. The lowest BCUT2D eigenvalue weighted by atomic mass is 10.0. The Kier molecular flexibility index (Phi) is 4.24. The fourth-order valence-electron chi connectivity index (χ4n) is 1.81. The maximum atomic E-state index is 13.6. The molecule has 2 rings (SSSR count). The van der Waals surface area contributed by atoms with Crippen molar-refractivity contribution < 1.29 is 23.0 Å². The van der Waals surface area contributed by atoms with Gasteiger partial charge in [0, 0.05) is 23.9 Å². The first-order valence-electron chi connectivity index (χ1n) is 5.93. The molecule has 0 aliphatic carbocycles. The van der Waals surface area contributed by atoms with Gasteiger partial charge in [0.05, 0.1) is 18.4 Å². The zero-order valence-corrected chi connectivity index (χ0v) is 10.6. The van der Waals surface area contributed by atoms with E-state index in [0.29, 0.717) is 24.5 Å². The van der Waals surface area contributed by atoms with Gasteiger partial charge in [-0.2, -0.15) is 0 Å². The van der Waals surface area contributed by atoms with Crippen LogP contribution in [0.4, 0.5) is 13.2 Å². The van der Waals surface area contributed by atoms with Crippen molar-refractivity contribution in [3.8, 4) is 5.75 Å². The summed E-state index contributed by atoms with van der Waals surface area (Å²) >= 11 is 0. The molecule has 0 radical (unpaired) electrons. The molecular weight excluding hydrogens is 271 g/mol. The zero-order valence-electron chi connectivity index (χ0n) is 10.6. The highest BCUT2D eigenvalue weighted by molar-refractivity contribution is 5.34. The number of pyridine rings is 1. The third kappa shape index (κ3) is 2.91. The first-order valence-corrected chi connectivity index (χ1v) is 5.93. The van der Waals surface area contributed by atoms with Gasteiger partial charge in [0.25, 0.3) is 0 Å². The summed E-state index contributed by atoms with van der Waals surface area (Å²) in [6.45, 7) is 2.16. The predicted octanol–water partition coefficient (Wildman–Crippen LogP) is 2.98. The average molecular weight is 283 g/mol. The van der Waals surface area contributed by atoms with Crippen LogP contribution < -0.4 is 4.74 Å². The molecule has 0 fully saturated rings. The Balaban J connectivity index is 2.41. The number of halogens is 3. The van der Waals surface area contributed by atoms with Gasteiger partial charge in [-0.1, -0.05) is 0 Å². The lowest BCUT2D eigenvalue weighted by molar-refractivity contribution is 0.207. The molecule has 1 unspecified atom stereocenters. The number of aromatic nitrogens is 1. The first-order chi connectivity index (χ1) is 9.52. The molecule has 0 amide bonds. The maximum Gasteiger partial charge on any atom is 0.137 e. The summed E-state index contributed by atoms with van der Waals surface area (Å²) in [6.07, 6.45) is 1.08. The van der Waals surface area contributed by atoms with E-state index in [4.69, 9.17) is 4.74 Å². The van der Waals surface area contributed by atoms with Gasteiger partial charge < -0.3 is 9.84 Å². The molecule has 0 aliphatic rings. The van der Waals surface area contributed by atoms with Gasteiger partial charge in [-0.3, -0.25) is 4.98 Å². The minimum Gasteiger partial charge on any atom is -0.492 e. The highest BCUT2D eigenvalue weighted by Crippen LogP contribution is 2.28. The number of hydrogen-bond acceptors (Lipinski definition) is 3. The third-order valence-electron chi connectivity index (χ3n) is 2.68. The van der Waals surface area contributed by atoms with E-state index < -0.39 is 29.1 Å². The third-order valence-corrected chi connectivity index (χ3v) is 2.68. The summed E-state index contributed by atoms with van der Waals surface area (Å²) in [7, 11) is 0. The molecule has 2 aromatic rings. The van der Waals surface area contributed by atoms with Crippen molar-refractivity contribution in [2.75, 3.05) is 6.61 Å². The molecular formula is C14H12F3NO2. The molecule has 0 saturated heterocycles. The summed E-state index contributed by atoms with van der Waals surface area (Å²) in [5.41, 5.74) is -0.470. The van der Waals surface area contributed by atoms with E-state index in [1.165, 1.54) is 18.5 Å². The fourth-order valence-corrected chi connectivity index (χ4v) is 1.81. The largest absolute Gasteiger partial charge is 0.492 e. The van der Waals surface area contributed by atoms with Crippen LogP contribution in [0.5, 0.6) is 5.75 Å². The minimum absolute atomic E-state index is 0.153. The Labute approximate surface area is 113 Å². The molecule has 1 N–H and O–H groups in total. The highest BCUT2D eigenvalue weighted by atomic mass is 19.1. The number of benzene rings is 1. The van der Waals surface area contributed by atoms with Crippen LogP contribution in [0, 0.1) is 17.5 Å². The van der Waals surface area contributed by atoms with Crippen molar-refractivity contribution in [3.05, 3.63) is 59.2 Å². The number of ether oxygens (including phenoxy) is 1. The van der Waals surface area contributed by atoms with Crippen LogP contribution in [0.2, 0.25) is 0 Å². The smallest absolute Gasteiger partial charge is 0.137 e. The van der Waals surface area contributed by atoms with Crippen molar-refractivity contribution in [1.29, 1.82) is 0 Å². The molecule has 1 aromatic carbocycles. The number of rotatable bonds is 4. The van der Waals surface area contributed by atoms with Crippen molar-refractivity contribution >= 4 is 0 Å². The molecule has 0 aliphatic heterocycles. The van der Waals surface area contributed by atoms with Crippen LogP contribution in [-0.2, 0) is 0 Å². The molecule has 0 spiro atoms. The van der Waals surface area contributed by atoms with Crippen LogP contribution in [0.25, 0.3) is 0 Å². The quantitative estimate of drug-likeness (QED) is 0.938. The number of nitrogens with zero attached hydrogens (tertiary/aromatic N) is 1. The number of aliphatic hydroxyl groups excluding tert-OH is 1. The molecule has 6 heteroatoms.